The van der Waals surface area contributed by atoms with Crippen LogP contribution in [0.2, 0.25) is 0 Å². The van der Waals surface area contributed by atoms with Crippen LogP contribution >= 0.6 is 34.4 Å². The summed E-state index contributed by atoms with van der Waals surface area (Å²) in [6, 6.07) is 14.5. The van der Waals surface area contributed by atoms with Gasteiger partial charge in [-0.15, -0.1) is 11.3 Å². The minimum atomic E-state index is 0.0647. The molecule has 1 aliphatic heterocycles. The van der Waals surface area contributed by atoms with E-state index >= 15 is 0 Å². The minimum absolute atomic E-state index is 0.0647. The Hall–Kier alpha value is -2.81. The summed E-state index contributed by atoms with van der Waals surface area (Å²) in [6.07, 6.45) is 4.27. The standard InChI is InChI=1S/C26H26N3O2S3.C2H6/c1-5-29-23(15-22-28(12-13-32-22)16-18-9-7-6-8-17(18)2)34-24(25(29)30)26-27(3)20-11-10-19(31-4)14-21(20)33-26;1-2/h6-15H,5,16H2,1-4H3;1-2H3/q+1;/b26-24+;. The first-order valence-electron chi connectivity index (χ1n) is 12.1. The first-order chi connectivity index (χ1) is 17.5. The first-order valence-corrected chi connectivity index (χ1v) is 14.6. The Morgan fingerprint density at radius 1 is 1.14 bits per heavy atom. The average molecular weight is 539 g/mol. The zero-order chi connectivity index (χ0) is 25.8. The van der Waals surface area contributed by atoms with Crippen molar-refractivity contribution in [2.45, 2.75) is 45.7 Å². The third kappa shape index (κ3) is 5.03. The Morgan fingerprint density at radius 2 is 1.92 bits per heavy atom. The number of thiazole rings is 2. The molecule has 5 rings (SSSR count). The summed E-state index contributed by atoms with van der Waals surface area (Å²) in [5.41, 5.74) is 3.74. The Bertz CT molecular complexity index is 1550. The first kappa shape index (κ1) is 26.3. The van der Waals surface area contributed by atoms with Crippen LogP contribution in [0, 0.1) is 6.92 Å². The van der Waals surface area contributed by atoms with E-state index in [2.05, 4.69) is 58.3 Å². The number of methoxy groups -OCH3 is 1. The largest absolute Gasteiger partial charge is 0.497 e. The van der Waals surface area contributed by atoms with E-state index in [1.165, 1.54) is 11.1 Å². The number of aryl methyl sites for hydroxylation is 1. The summed E-state index contributed by atoms with van der Waals surface area (Å²) in [7, 11) is 3.70. The van der Waals surface area contributed by atoms with Crippen LogP contribution < -0.4 is 29.0 Å². The minimum Gasteiger partial charge on any atom is -0.497 e. The third-order valence-corrected chi connectivity index (χ3v) is 9.34. The van der Waals surface area contributed by atoms with E-state index in [4.69, 9.17) is 4.74 Å². The summed E-state index contributed by atoms with van der Waals surface area (Å²) in [4.78, 5) is 16.7. The molecule has 0 bridgehead atoms. The lowest BCUT2D eigenvalue weighted by molar-refractivity contribution is -0.685. The number of rotatable bonds is 5. The van der Waals surface area contributed by atoms with Crippen molar-refractivity contribution in [3.05, 3.63) is 89.7 Å². The van der Waals surface area contributed by atoms with Gasteiger partial charge < -0.3 is 9.64 Å². The lowest BCUT2D eigenvalue weighted by atomic mass is 10.1. The normalized spacial score (nSPS) is 14.5. The van der Waals surface area contributed by atoms with Gasteiger partial charge in [0.15, 0.2) is 12.7 Å². The maximum absolute atomic E-state index is 13.4. The molecule has 5 nitrogen and oxygen atoms in total. The van der Waals surface area contributed by atoms with Gasteiger partial charge in [-0.2, -0.15) is 4.57 Å². The molecule has 0 aliphatic carbocycles. The van der Waals surface area contributed by atoms with Crippen LogP contribution in [0.4, 0.5) is 5.69 Å². The van der Waals surface area contributed by atoms with E-state index in [0.29, 0.717) is 6.54 Å². The number of hydrogen-bond donors (Lipinski definition) is 0. The van der Waals surface area contributed by atoms with E-state index in [9.17, 15) is 4.79 Å². The molecule has 0 amide bonds. The average Bonchev–Trinajstić information content (AvgIpc) is 3.57. The summed E-state index contributed by atoms with van der Waals surface area (Å²) >= 11 is 4.89. The molecule has 0 saturated heterocycles. The van der Waals surface area contributed by atoms with E-state index in [-0.39, 0.29) is 5.56 Å². The van der Waals surface area contributed by atoms with Gasteiger partial charge in [0.2, 0.25) is 0 Å². The van der Waals surface area contributed by atoms with Crippen molar-refractivity contribution in [3.8, 4) is 5.75 Å². The van der Waals surface area contributed by atoms with Gasteiger partial charge in [0, 0.05) is 24.1 Å². The molecule has 2 aromatic carbocycles. The molecule has 3 heterocycles. The van der Waals surface area contributed by atoms with E-state index < -0.39 is 0 Å². The summed E-state index contributed by atoms with van der Waals surface area (Å²) < 4.78 is 11.3. The maximum atomic E-state index is 13.4. The molecule has 0 atom stereocenters. The molecule has 0 unspecified atom stereocenters. The highest BCUT2D eigenvalue weighted by molar-refractivity contribution is 8.08. The number of fused-ring (bicyclic) bond motifs is 1. The van der Waals surface area contributed by atoms with Crippen molar-refractivity contribution >= 4 is 51.2 Å². The lowest BCUT2D eigenvalue weighted by Gasteiger charge is -2.12. The fourth-order valence-corrected chi connectivity index (χ4v) is 7.41. The predicted octanol–water partition coefficient (Wildman–Crippen LogP) is 4.81. The molecule has 0 saturated carbocycles. The van der Waals surface area contributed by atoms with Crippen molar-refractivity contribution in [2.75, 3.05) is 19.1 Å². The monoisotopic (exact) mass is 538 g/mol. The van der Waals surface area contributed by atoms with Crippen LogP contribution in [-0.4, -0.2) is 18.7 Å². The third-order valence-electron chi connectivity index (χ3n) is 6.02. The predicted molar refractivity (Wildman–Crippen MR) is 154 cm³/mol. The van der Waals surface area contributed by atoms with Crippen molar-refractivity contribution in [1.82, 2.24) is 4.57 Å². The van der Waals surface area contributed by atoms with Crippen LogP contribution in [0.1, 0.15) is 36.9 Å². The molecule has 36 heavy (non-hydrogen) atoms. The van der Waals surface area contributed by atoms with Gasteiger partial charge in [-0.1, -0.05) is 61.2 Å². The highest BCUT2D eigenvalue weighted by Gasteiger charge is 2.25. The smallest absolute Gasteiger partial charge is 0.271 e. The number of hydrogen-bond acceptors (Lipinski definition) is 6. The quantitative estimate of drug-likeness (QED) is 0.342. The molecule has 4 aromatic rings. The Morgan fingerprint density at radius 3 is 2.64 bits per heavy atom. The molecule has 0 spiro atoms. The fraction of sp³-hybridized carbons (Fsp3) is 0.286. The highest BCUT2D eigenvalue weighted by atomic mass is 32.2. The molecular weight excluding hydrogens is 507 g/mol. The zero-order valence-electron chi connectivity index (χ0n) is 21.6. The molecule has 1 aliphatic rings. The molecule has 0 radical (unpaired) electrons. The van der Waals surface area contributed by atoms with Crippen LogP contribution in [-0.2, 0) is 13.1 Å². The molecule has 0 fully saturated rings. The van der Waals surface area contributed by atoms with E-state index in [1.54, 1.807) is 41.5 Å². The number of nitrogens with zero attached hydrogens (tertiary/aromatic N) is 3. The number of ether oxygens (including phenoxy) is 1. The number of aromatic nitrogens is 2. The van der Waals surface area contributed by atoms with Crippen LogP contribution in [0.3, 0.4) is 0 Å². The van der Waals surface area contributed by atoms with Gasteiger partial charge in [0.25, 0.3) is 10.6 Å². The van der Waals surface area contributed by atoms with Crippen LogP contribution in [0.5, 0.6) is 5.75 Å². The maximum Gasteiger partial charge on any atom is 0.271 e. The lowest BCUT2D eigenvalue weighted by Crippen LogP contribution is -2.36. The van der Waals surface area contributed by atoms with Gasteiger partial charge in [-0.3, -0.25) is 9.36 Å². The SMILES string of the molecule is CC.CCn1c(=O)/c(=C2\Sc3cc(OC)ccc3N2C)s/c1=C\c1scc[n+]1Cc1ccccc1C. The highest BCUT2D eigenvalue weighted by Crippen LogP contribution is 2.46. The zero-order valence-corrected chi connectivity index (χ0v) is 24.0. The second-order valence-electron chi connectivity index (χ2n) is 8.06. The van der Waals surface area contributed by atoms with Crippen molar-refractivity contribution in [3.63, 3.8) is 0 Å². The number of thioether (sulfide) groups is 1. The van der Waals surface area contributed by atoms with Crippen molar-refractivity contribution < 1.29 is 9.30 Å². The Kier molecular flexibility index (Phi) is 8.39. The number of benzene rings is 2. The van der Waals surface area contributed by atoms with E-state index in [1.807, 2.05) is 50.6 Å². The number of anilines is 1. The molecule has 188 valence electrons. The van der Waals surface area contributed by atoms with Gasteiger partial charge >= 0.3 is 0 Å². The van der Waals surface area contributed by atoms with Gasteiger partial charge in [-0.05, 0) is 37.6 Å². The molecular formula is C28H32N3O2S3+. The van der Waals surface area contributed by atoms with E-state index in [0.717, 1.165) is 42.1 Å². The van der Waals surface area contributed by atoms with Crippen LogP contribution in [0.25, 0.3) is 11.1 Å². The second kappa shape index (κ2) is 11.5. The Balaban J connectivity index is 0.00000148. The summed E-state index contributed by atoms with van der Waals surface area (Å²) in [6.45, 7) is 9.61. The summed E-state index contributed by atoms with van der Waals surface area (Å²) in [5.74, 6) is 0.822. The molecule has 2 aromatic heterocycles. The van der Waals surface area contributed by atoms with Crippen LogP contribution in [0.15, 0.2) is 63.7 Å². The summed E-state index contributed by atoms with van der Waals surface area (Å²) in [5, 5.41) is 4.20. The Labute approximate surface area is 224 Å². The van der Waals surface area contributed by atoms with Gasteiger partial charge in [0.05, 0.1) is 24.3 Å². The molecule has 8 heteroatoms. The van der Waals surface area contributed by atoms with Crippen molar-refractivity contribution in [2.24, 2.45) is 0 Å². The van der Waals surface area contributed by atoms with Gasteiger partial charge in [-0.25, -0.2) is 0 Å². The van der Waals surface area contributed by atoms with Gasteiger partial charge in [0.1, 0.15) is 20.0 Å². The topological polar surface area (TPSA) is 38.4 Å². The van der Waals surface area contributed by atoms with Crippen molar-refractivity contribution in [1.29, 1.82) is 0 Å². The molecule has 0 N–H and O–H groups in total. The second-order valence-corrected chi connectivity index (χ2v) is 11.0. The fourth-order valence-electron chi connectivity index (χ4n) is 4.07.